The fraction of sp³-hybridized carbons (Fsp3) is 0.545. The van der Waals surface area contributed by atoms with E-state index >= 15 is 0 Å². The van der Waals surface area contributed by atoms with Crippen molar-refractivity contribution in [2.24, 2.45) is 0 Å². The molecule has 0 aromatic carbocycles. The molecular weight excluding hydrogens is 224 g/mol. The van der Waals surface area contributed by atoms with Gasteiger partial charge < -0.3 is 5.32 Å². The van der Waals surface area contributed by atoms with Gasteiger partial charge in [-0.1, -0.05) is 0 Å². The molecule has 1 aromatic rings. The highest BCUT2D eigenvalue weighted by Gasteiger charge is 2.11. The first-order valence-electron chi connectivity index (χ1n) is 4.92. The quantitative estimate of drug-likeness (QED) is 0.859. The third-order valence-electron chi connectivity index (χ3n) is 2.11. The Balaban J connectivity index is 2.53. The van der Waals surface area contributed by atoms with Crippen molar-refractivity contribution in [2.45, 2.75) is 25.9 Å². The summed E-state index contributed by atoms with van der Waals surface area (Å²) in [5.74, 6) is 1.11. The Labute approximate surface area is 99.7 Å². The number of hydrogen-bond donors (Lipinski definition) is 1. The lowest BCUT2D eigenvalue weighted by molar-refractivity contribution is 0.517. The summed E-state index contributed by atoms with van der Waals surface area (Å²) in [7, 11) is 0. The molecule has 15 heavy (non-hydrogen) atoms. The standard InChI is InChI=1S/C11H16N2S2/c1-8(7-14-3)13-9(2)11-5-4-10(6-12)15-11/h4-5,8-9,13H,7H2,1-3H3. The number of thioether (sulfide) groups is 1. The van der Waals surface area contributed by atoms with Crippen molar-refractivity contribution in [1.82, 2.24) is 5.32 Å². The van der Waals surface area contributed by atoms with Gasteiger partial charge in [0.2, 0.25) is 0 Å². The summed E-state index contributed by atoms with van der Waals surface area (Å²) in [5.41, 5.74) is 0. The van der Waals surface area contributed by atoms with Crippen molar-refractivity contribution in [3.8, 4) is 6.07 Å². The van der Waals surface area contributed by atoms with Gasteiger partial charge in [-0.25, -0.2) is 0 Å². The summed E-state index contributed by atoms with van der Waals surface area (Å²) < 4.78 is 0. The SMILES string of the molecule is CSCC(C)NC(C)c1ccc(C#N)s1. The van der Waals surface area contributed by atoms with Crippen LogP contribution in [-0.2, 0) is 0 Å². The topological polar surface area (TPSA) is 35.8 Å². The highest BCUT2D eigenvalue weighted by atomic mass is 32.2. The van der Waals surface area contributed by atoms with Crippen LogP contribution in [0.1, 0.15) is 29.6 Å². The van der Waals surface area contributed by atoms with E-state index in [0.717, 1.165) is 10.6 Å². The predicted octanol–water partition coefficient (Wildman–Crippen LogP) is 3.02. The Hall–Kier alpha value is -0.500. The minimum absolute atomic E-state index is 0.333. The summed E-state index contributed by atoms with van der Waals surface area (Å²) >= 11 is 3.42. The summed E-state index contributed by atoms with van der Waals surface area (Å²) in [6.07, 6.45) is 2.11. The van der Waals surface area contributed by atoms with E-state index in [0.29, 0.717) is 12.1 Å². The Kier molecular flexibility index (Phi) is 5.16. The van der Waals surface area contributed by atoms with E-state index in [2.05, 4.69) is 31.5 Å². The molecule has 0 amide bonds. The largest absolute Gasteiger partial charge is 0.306 e. The first-order chi connectivity index (χ1) is 7.17. The molecule has 0 aliphatic carbocycles. The molecule has 2 nitrogen and oxygen atoms in total. The summed E-state index contributed by atoms with van der Waals surface area (Å²) in [4.78, 5) is 2.02. The molecule has 1 rings (SSSR count). The molecule has 0 bridgehead atoms. The zero-order valence-corrected chi connectivity index (χ0v) is 10.9. The lowest BCUT2D eigenvalue weighted by atomic mass is 10.2. The third-order valence-corrected chi connectivity index (χ3v) is 4.12. The lowest BCUT2D eigenvalue weighted by Gasteiger charge is -2.18. The zero-order valence-electron chi connectivity index (χ0n) is 9.28. The number of hydrogen-bond acceptors (Lipinski definition) is 4. The molecular formula is C11H16N2S2. The number of nitrogens with zero attached hydrogens (tertiary/aromatic N) is 1. The lowest BCUT2D eigenvalue weighted by Crippen LogP contribution is -2.30. The van der Waals surface area contributed by atoms with Gasteiger partial charge in [-0.2, -0.15) is 17.0 Å². The number of rotatable bonds is 5. The molecule has 0 aliphatic rings. The second kappa shape index (κ2) is 6.16. The van der Waals surface area contributed by atoms with E-state index in [1.807, 2.05) is 23.9 Å². The smallest absolute Gasteiger partial charge is 0.110 e. The molecule has 2 unspecified atom stereocenters. The second-order valence-electron chi connectivity index (χ2n) is 3.56. The zero-order chi connectivity index (χ0) is 11.3. The summed E-state index contributed by atoms with van der Waals surface area (Å²) in [6.45, 7) is 4.33. The average Bonchev–Trinajstić information content (AvgIpc) is 2.66. The van der Waals surface area contributed by atoms with E-state index in [9.17, 15) is 0 Å². The molecule has 1 heterocycles. The van der Waals surface area contributed by atoms with Crippen molar-refractivity contribution in [3.05, 3.63) is 21.9 Å². The van der Waals surface area contributed by atoms with Crippen molar-refractivity contribution in [3.63, 3.8) is 0 Å². The Morgan fingerprint density at radius 1 is 1.53 bits per heavy atom. The van der Waals surface area contributed by atoms with Crippen LogP contribution >= 0.6 is 23.1 Å². The van der Waals surface area contributed by atoms with Gasteiger partial charge in [0.05, 0.1) is 0 Å². The van der Waals surface area contributed by atoms with Gasteiger partial charge in [-0.05, 0) is 32.2 Å². The number of nitrogens with one attached hydrogen (secondary N) is 1. The van der Waals surface area contributed by atoms with Crippen molar-refractivity contribution >= 4 is 23.1 Å². The minimum Gasteiger partial charge on any atom is -0.306 e. The van der Waals surface area contributed by atoms with Crippen LogP contribution in [0.15, 0.2) is 12.1 Å². The monoisotopic (exact) mass is 240 g/mol. The predicted molar refractivity (Wildman–Crippen MR) is 68.4 cm³/mol. The van der Waals surface area contributed by atoms with Crippen molar-refractivity contribution in [2.75, 3.05) is 12.0 Å². The maximum Gasteiger partial charge on any atom is 0.110 e. The Bertz CT molecular complexity index is 341. The van der Waals surface area contributed by atoms with Crippen molar-refractivity contribution in [1.29, 1.82) is 5.26 Å². The van der Waals surface area contributed by atoms with Crippen LogP contribution in [0, 0.1) is 11.3 Å². The molecule has 0 saturated heterocycles. The first kappa shape index (κ1) is 12.6. The van der Waals surface area contributed by atoms with Gasteiger partial charge in [-0.3, -0.25) is 0 Å². The van der Waals surface area contributed by atoms with Gasteiger partial charge >= 0.3 is 0 Å². The van der Waals surface area contributed by atoms with Gasteiger partial charge in [-0.15, -0.1) is 11.3 Å². The maximum atomic E-state index is 8.74. The van der Waals surface area contributed by atoms with Crippen LogP contribution in [-0.4, -0.2) is 18.1 Å². The Morgan fingerprint density at radius 2 is 2.27 bits per heavy atom. The van der Waals surface area contributed by atoms with E-state index in [4.69, 9.17) is 5.26 Å². The van der Waals surface area contributed by atoms with Crippen LogP contribution in [0.25, 0.3) is 0 Å². The highest BCUT2D eigenvalue weighted by molar-refractivity contribution is 7.98. The second-order valence-corrected chi connectivity index (χ2v) is 5.58. The molecule has 1 aromatic heterocycles. The normalized spacial score (nSPS) is 14.5. The van der Waals surface area contributed by atoms with Crippen LogP contribution in [0.4, 0.5) is 0 Å². The molecule has 1 N–H and O–H groups in total. The minimum atomic E-state index is 0.333. The third kappa shape index (κ3) is 3.86. The molecule has 2 atom stereocenters. The van der Waals surface area contributed by atoms with Crippen LogP contribution in [0.3, 0.4) is 0 Å². The summed E-state index contributed by atoms with van der Waals surface area (Å²) in [5, 5.41) is 12.3. The van der Waals surface area contributed by atoms with E-state index < -0.39 is 0 Å². The van der Waals surface area contributed by atoms with Crippen LogP contribution in [0.2, 0.25) is 0 Å². The molecule has 0 radical (unpaired) electrons. The first-order valence-corrected chi connectivity index (χ1v) is 7.13. The number of thiophene rings is 1. The molecule has 0 aliphatic heterocycles. The van der Waals surface area contributed by atoms with Crippen molar-refractivity contribution < 1.29 is 0 Å². The van der Waals surface area contributed by atoms with Gasteiger partial charge in [0.25, 0.3) is 0 Å². The van der Waals surface area contributed by atoms with E-state index in [1.165, 1.54) is 4.88 Å². The molecule has 82 valence electrons. The van der Waals surface area contributed by atoms with Gasteiger partial charge in [0.1, 0.15) is 10.9 Å². The highest BCUT2D eigenvalue weighted by Crippen LogP contribution is 2.22. The molecule has 0 spiro atoms. The molecule has 0 saturated carbocycles. The Morgan fingerprint density at radius 3 is 2.80 bits per heavy atom. The van der Waals surface area contributed by atoms with Crippen LogP contribution in [0.5, 0.6) is 0 Å². The van der Waals surface area contributed by atoms with Gasteiger partial charge in [0, 0.05) is 22.7 Å². The van der Waals surface area contributed by atoms with E-state index in [1.54, 1.807) is 11.3 Å². The maximum absolute atomic E-state index is 8.74. The van der Waals surface area contributed by atoms with Gasteiger partial charge in [0.15, 0.2) is 0 Å². The summed E-state index contributed by atoms with van der Waals surface area (Å²) in [6, 6.07) is 6.92. The fourth-order valence-corrected chi connectivity index (χ4v) is 2.87. The fourth-order valence-electron chi connectivity index (χ4n) is 1.45. The van der Waals surface area contributed by atoms with E-state index in [-0.39, 0.29) is 0 Å². The average molecular weight is 240 g/mol. The van der Waals surface area contributed by atoms with Crippen LogP contribution < -0.4 is 5.32 Å². The number of nitriles is 1. The molecule has 4 heteroatoms. The molecule has 0 fully saturated rings.